The molecular weight excluding hydrogens is 267 g/mol. The number of benzene rings is 1. The molecular formula is C10H10F3N3O3. The second-order valence-electron chi connectivity index (χ2n) is 3.54. The molecule has 0 radical (unpaired) electrons. The number of amides is 1. The van der Waals surface area contributed by atoms with Crippen molar-refractivity contribution < 1.29 is 22.9 Å². The van der Waals surface area contributed by atoms with Crippen LogP contribution in [0.5, 0.6) is 0 Å². The molecule has 0 saturated carbocycles. The van der Waals surface area contributed by atoms with Crippen molar-refractivity contribution in [2.75, 3.05) is 18.9 Å². The monoisotopic (exact) mass is 277 g/mol. The molecule has 0 aliphatic carbocycles. The zero-order valence-electron chi connectivity index (χ0n) is 9.75. The average Bonchev–Trinajstić information content (AvgIpc) is 2.34. The van der Waals surface area contributed by atoms with E-state index in [0.717, 1.165) is 12.1 Å². The molecule has 0 fully saturated rings. The van der Waals surface area contributed by atoms with Gasteiger partial charge in [0.25, 0.3) is 11.6 Å². The number of nitro groups is 1. The second-order valence-corrected chi connectivity index (χ2v) is 3.54. The number of carbonyl (C=O) groups excluding carboxylic acids is 1. The molecule has 1 aromatic carbocycles. The number of carbonyl (C=O) groups is 1. The molecule has 6 nitrogen and oxygen atoms in total. The minimum Gasteiger partial charge on any atom is -0.371 e. The average molecular weight is 277 g/mol. The molecule has 19 heavy (non-hydrogen) atoms. The Bertz CT molecular complexity index is 503. The van der Waals surface area contributed by atoms with Crippen LogP contribution < -0.4 is 10.6 Å². The van der Waals surface area contributed by atoms with Gasteiger partial charge in [0.1, 0.15) is 12.2 Å². The molecule has 9 heteroatoms. The van der Waals surface area contributed by atoms with E-state index in [1.165, 1.54) is 13.1 Å². The number of halogens is 3. The van der Waals surface area contributed by atoms with Crippen LogP contribution in [0, 0.1) is 10.1 Å². The molecule has 2 N–H and O–H groups in total. The number of anilines is 1. The molecule has 1 amide bonds. The predicted molar refractivity (Wildman–Crippen MR) is 61.0 cm³/mol. The van der Waals surface area contributed by atoms with Crippen LogP contribution in [0.2, 0.25) is 0 Å². The zero-order chi connectivity index (χ0) is 14.6. The highest BCUT2D eigenvalue weighted by atomic mass is 19.4. The summed E-state index contributed by atoms with van der Waals surface area (Å²) in [6, 6.07) is 3.18. The highest BCUT2D eigenvalue weighted by Crippen LogP contribution is 2.27. The molecule has 0 aliphatic heterocycles. The number of hydrogen-bond donors (Lipinski definition) is 2. The Labute approximate surface area is 105 Å². The molecule has 0 heterocycles. The lowest BCUT2D eigenvalue weighted by Crippen LogP contribution is -2.22. The van der Waals surface area contributed by atoms with Gasteiger partial charge in [-0.05, 0) is 12.1 Å². The maximum Gasteiger partial charge on any atom is 0.405 e. The zero-order valence-corrected chi connectivity index (χ0v) is 9.75. The minimum absolute atomic E-state index is 0.00763. The van der Waals surface area contributed by atoms with Gasteiger partial charge in [0.05, 0.1) is 4.92 Å². The van der Waals surface area contributed by atoms with Gasteiger partial charge in [-0.2, -0.15) is 13.2 Å². The van der Waals surface area contributed by atoms with Crippen molar-refractivity contribution in [1.29, 1.82) is 0 Å². The summed E-state index contributed by atoms with van der Waals surface area (Å²) < 4.78 is 36.1. The molecule has 0 bridgehead atoms. The first-order chi connectivity index (χ1) is 8.74. The Hall–Kier alpha value is -2.32. The summed E-state index contributed by atoms with van der Waals surface area (Å²) >= 11 is 0. The molecule has 1 rings (SSSR count). The fourth-order valence-electron chi connectivity index (χ4n) is 1.31. The SMILES string of the molecule is CNC(=O)c1ccc(NCC(F)(F)F)c([N+](=O)[O-])c1. The lowest BCUT2D eigenvalue weighted by Gasteiger charge is -2.10. The normalized spacial score (nSPS) is 10.9. The Morgan fingerprint density at radius 3 is 2.53 bits per heavy atom. The maximum atomic E-state index is 12.0. The van der Waals surface area contributed by atoms with Crippen LogP contribution in [0.15, 0.2) is 18.2 Å². The molecule has 0 spiro atoms. The van der Waals surface area contributed by atoms with Gasteiger partial charge < -0.3 is 10.6 Å². The maximum absolute atomic E-state index is 12.0. The van der Waals surface area contributed by atoms with Gasteiger partial charge in [0.15, 0.2) is 0 Å². The van der Waals surface area contributed by atoms with Crippen LogP contribution in [0.4, 0.5) is 24.5 Å². The van der Waals surface area contributed by atoms with Crippen LogP contribution in [-0.4, -0.2) is 30.6 Å². The summed E-state index contributed by atoms with van der Waals surface area (Å²) in [5.41, 5.74) is -0.896. The fraction of sp³-hybridized carbons (Fsp3) is 0.300. The largest absolute Gasteiger partial charge is 0.405 e. The molecule has 0 atom stereocenters. The Kier molecular flexibility index (Phi) is 4.30. The van der Waals surface area contributed by atoms with Gasteiger partial charge in [0.2, 0.25) is 0 Å². The minimum atomic E-state index is -4.49. The van der Waals surface area contributed by atoms with Crippen LogP contribution in [0.1, 0.15) is 10.4 Å². The third-order valence-corrected chi connectivity index (χ3v) is 2.16. The molecule has 1 aromatic rings. The topological polar surface area (TPSA) is 84.3 Å². The smallest absolute Gasteiger partial charge is 0.371 e. The van der Waals surface area contributed by atoms with Crippen molar-refractivity contribution in [2.45, 2.75) is 6.18 Å². The van der Waals surface area contributed by atoms with E-state index in [1.54, 1.807) is 0 Å². The van der Waals surface area contributed by atoms with Crippen molar-refractivity contribution in [2.24, 2.45) is 0 Å². The Morgan fingerprint density at radius 1 is 1.42 bits per heavy atom. The number of nitro benzene ring substituents is 1. The van der Waals surface area contributed by atoms with Gasteiger partial charge in [0, 0.05) is 18.7 Å². The summed E-state index contributed by atoms with van der Waals surface area (Å²) in [7, 11) is 1.34. The van der Waals surface area contributed by atoms with Gasteiger partial charge in [-0.1, -0.05) is 0 Å². The Balaban J connectivity index is 3.05. The molecule has 0 unspecified atom stereocenters. The van der Waals surface area contributed by atoms with Crippen molar-refractivity contribution in [3.63, 3.8) is 0 Å². The van der Waals surface area contributed by atoms with E-state index in [1.807, 2.05) is 5.32 Å². The van der Waals surface area contributed by atoms with Crippen molar-refractivity contribution in [1.82, 2.24) is 5.32 Å². The summed E-state index contributed by atoms with van der Waals surface area (Å²) in [4.78, 5) is 21.2. The van der Waals surface area contributed by atoms with E-state index >= 15 is 0 Å². The predicted octanol–water partition coefficient (Wildman–Crippen LogP) is 1.93. The fourth-order valence-corrected chi connectivity index (χ4v) is 1.31. The summed E-state index contributed by atoms with van der Waals surface area (Å²) in [6.45, 7) is -1.40. The summed E-state index contributed by atoms with van der Waals surface area (Å²) in [5, 5.41) is 14.9. The first-order valence-corrected chi connectivity index (χ1v) is 5.05. The van der Waals surface area contributed by atoms with Crippen LogP contribution in [-0.2, 0) is 0 Å². The van der Waals surface area contributed by atoms with Gasteiger partial charge in [-0.25, -0.2) is 0 Å². The quantitative estimate of drug-likeness (QED) is 0.650. The van der Waals surface area contributed by atoms with E-state index in [-0.39, 0.29) is 11.3 Å². The van der Waals surface area contributed by atoms with E-state index in [9.17, 15) is 28.1 Å². The Morgan fingerprint density at radius 2 is 2.05 bits per heavy atom. The van der Waals surface area contributed by atoms with Crippen molar-refractivity contribution >= 4 is 17.3 Å². The third kappa shape index (κ3) is 4.12. The summed E-state index contributed by atoms with van der Waals surface area (Å²) in [5.74, 6) is -0.564. The third-order valence-electron chi connectivity index (χ3n) is 2.16. The lowest BCUT2D eigenvalue weighted by atomic mass is 10.1. The standard InChI is InChI=1S/C10H10F3N3O3/c1-14-9(17)6-2-3-7(8(4-6)16(18)19)15-5-10(11,12)13/h2-4,15H,5H2,1H3,(H,14,17). The molecule has 104 valence electrons. The van der Waals surface area contributed by atoms with E-state index in [0.29, 0.717) is 0 Å². The number of nitrogens with zero attached hydrogens (tertiary/aromatic N) is 1. The van der Waals surface area contributed by atoms with Gasteiger partial charge in [-0.15, -0.1) is 0 Å². The van der Waals surface area contributed by atoms with E-state index in [2.05, 4.69) is 5.32 Å². The van der Waals surface area contributed by atoms with Crippen molar-refractivity contribution in [3.05, 3.63) is 33.9 Å². The molecule has 0 aromatic heterocycles. The molecule has 0 saturated heterocycles. The first-order valence-electron chi connectivity index (χ1n) is 5.05. The van der Waals surface area contributed by atoms with Gasteiger partial charge in [-0.3, -0.25) is 14.9 Å². The van der Waals surface area contributed by atoms with Crippen molar-refractivity contribution in [3.8, 4) is 0 Å². The molecule has 0 aliphatic rings. The first kappa shape index (κ1) is 14.7. The van der Waals surface area contributed by atoms with Crippen LogP contribution >= 0.6 is 0 Å². The van der Waals surface area contributed by atoms with E-state index in [4.69, 9.17) is 0 Å². The van der Waals surface area contributed by atoms with Gasteiger partial charge >= 0.3 is 6.18 Å². The van der Waals surface area contributed by atoms with E-state index < -0.39 is 29.2 Å². The second kappa shape index (κ2) is 5.55. The number of nitrogens with one attached hydrogen (secondary N) is 2. The number of rotatable bonds is 4. The van der Waals surface area contributed by atoms with Crippen LogP contribution in [0.3, 0.4) is 0 Å². The lowest BCUT2D eigenvalue weighted by molar-refractivity contribution is -0.384. The number of alkyl halides is 3. The number of hydrogen-bond acceptors (Lipinski definition) is 4. The summed E-state index contributed by atoms with van der Waals surface area (Å²) in [6.07, 6.45) is -4.49. The highest BCUT2D eigenvalue weighted by molar-refractivity contribution is 5.95. The van der Waals surface area contributed by atoms with Crippen LogP contribution in [0.25, 0.3) is 0 Å². The highest BCUT2D eigenvalue weighted by Gasteiger charge is 2.28.